The number of thiophene rings is 1. The van der Waals surface area contributed by atoms with Crippen LogP contribution in [0.5, 0.6) is 0 Å². The quantitative estimate of drug-likeness (QED) is 0.925. The van der Waals surface area contributed by atoms with E-state index in [1.165, 1.54) is 4.88 Å². The van der Waals surface area contributed by atoms with E-state index in [1.54, 1.807) is 11.3 Å². The SMILES string of the molecule is O=C(N1CCOC[C@H]1CO)C1(c2cccs2)CCCC1. The number of hydrogen-bond donors (Lipinski definition) is 1. The molecular weight excluding hydrogens is 274 g/mol. The second-order valence-electron chi connectivity index (χ2n) is 5.68. The Morgan fingerprint density at radius 3 is 2.95 bits per heavy atom. The van der Waals surface area contributed by atoms with E-state index >= 15 is 0 Å². The number of amides is 1. The number of carbonyl (C=O) groups excluding carboxylic acids is 1. The fraction of sp³-hybridized carbons (Fsp3) is 0.667. The topological polar surface area (TPSA) is 49.8 Å². The highest BCUT2D eigenvalue weighted by Crippen LogP contribution is 2.44. The molecule has 0 radical (unpaired) electrons. The minimum absolute atomic E-state index is 0.0216. The van der Waals surface area contributed by atoms with Crippen LogP contribution >= 0.6 is 11.3 Å². The molecule has 1 aromatic heterocycles. The first-order chi connectivity index (χ1) is 9.78. The summed E-state index contributed by atoms with van der Waals surface area (Å²) < 4.78 is 5.39. The molecule has 0 aromatic carbocycles. The summed E-state index contributed by atoms with van der Waals surface area (Å²) in [5.41, 5.74) is -0.348. The van der Waals surface area contributed by atoms with Crippen LogP contribution in [0.1, 0.15) is 30.6 Å². The number of ether oxygens (including phenoxy) is 1. The van der Waals surface area contributed by atoms with Crippen LogP contribution < -0.4 is 0 Å². The number of hydrogen-bond acceptors (Lipinski definition) is 4. The minimum atomic E-state index is -0.348. The van der Waals surface area contributed by atoms with E-state index in [1.807, 2.05) is 16.3 Å². The van der Waals surface area contributed by atoms with Crippen molar-refractivity contribution in [3.05, 3.63) is 22.4 Å². The van der Waals surface area contributed by atoms with Gasteiger partial charge in [0.1, 0.15) is 0 Å². The van der Waals surface area contributed by atoms with Crippen molar-refractivity contribution in [2.75, 3.05) is 26.4 Å². The van der Waals surface area contributed by atoms with Gasteiger partial charge in [-0.05, 0) is 24.3 Å². The first-order valence-corrected chi connectivity index (χ1v) is 8.19. The summed E-state index contributed by atoms with van der Waals surface area (Å²) in [5, 5.41) is 11.5. The summed E-state index contributed by atoms with van der Waals surface area (Å²) in [7, 11) is 0. The Morgan fingerprint density at radius 2 is 2.30 bits per heavy atom. The van der Waals surface area contributed by atoms with Crippen LogP contribution in [0.15, 0.2) is 17.5 Å². The van der Waals surface area contributed by atoms with Crippen molar-refractivity contribution < 1.29 is 14.6 Å². The van der Waals surface area contributed by atoms with Crippen molar-refractivity contribution in [1.82, 2.24) is 4.90 Å². The molecule has 1 saturated carbocycles. The molecule has 2 heterocycles. The second-order valence-corrected chi connectivity index (χ2v) is 6.62. The standard InChI is InChI=1S/C15H21NO3S/c17-10-12-11-19-8-7-16(12)14(18)15(5-1-2-6-15)13-4-3-9-20-13/h3-4,9,12,17H,1-2,5-8,10-11H2/t12-/m1/s1. The fourth-order valence-electron chi connectivity index (χ4n) is 3.44. The van der Waals surface area contributed by atoms with Crippen molar-refractivity contribution in [2.24, 2.45) is 0 Å². The molecule has 2 fully saturated rings. The summed E-state index contributed by atoms with van der Waals surface area (Å²) in [4.78, 5) is 16.2. The van der Waals surface area contributed by atoms with Crippen molar-refractivity contribution in [3.8, 4) is 0 Å². The molecule has 1 aliphatic heterocycles. The first kappa shape index (κ1) is 14.0. The van der Waals surface area contributed by atoms with E-state index in [2.05, 4.69) is 6.07 Å². The Morgan fingerprint density at radius 1 is 1.50 bits per heavy atom. The molecule has 0 spiro atoms. The largest absolute Gasteiger partial charge is 0.394 e. The lowest BCUT2D eigenvalue weighted by molar-refractivity contribution is -0.147. The average Bonchev–Trinajstić information content (AvgIpc) is 3.17. The maximum Gasteiger partial charge on any atom is 0.234 e. The molecule has 20 heavy (non-hydrogen) atoms. The van der Waals surface area contributed by atoms with Crippen LogP contribution in [-0.4, -0.2) is 48.3 Å². The molecule has 0 bridgehead atoms. The summed E-state index contributed by atoms with van der Waals surface area (Å²) in [6.45, 7) is 1.59. The van der Waals surface area contributed by atoms with Gasteiger partial charge in [0, 0.05) is 11.4 Å². The first-order valence-electron chi connectivity index (χ1n) is 7.31. The molecular formula is C15H21NO3S. The normalized spacial score (nSPS) is 25.9. The number of aliphatic hydroxyl groups excluding tert-OH is 1. The molecule has 1 N–H and O–H groups in total. The summed E-state index contributed by atoms with van der Waals surface area (Å²) in [6, 6.07) is 3.92. The lowest BCUT2D eigenvalue weighted by Crippen LogP contribution is -2.56. The maximum absolute atomic E-state index is 13.2. The summed E-state index contributed by atoms with van der Waals surface area (Å²) in [5.74, 6) is 0.194. The predicted molar refractivity (Wildman–Crippen MR) is 77.9 cm³/mol. The fourth-order valence-corrected chi connectivity index (χ4v) is 4.42. The van der Waals surface area contributed by atoms with E-state index in [9.17, 15) is 9.90 Å². The van der Waals surface area contributed by atoms with Crippen LogP contribution in [0.25, 0.3) is 0 Å². The number of morpholine rings is 1. The van der Waals surface area contributed by atoms with Crippen molar-refractivity contribution >= 4 is 17.2 Å². The van der Waals surface area contributed by atoms with E-state index < -0.39 is 0 Å². The molecule has 1 saturated heterocycles. The third-order valence-corrected chi connectivity index (χ3v) is 5.63. The van der Waals surface area contributed by atoms with Crippen LogP contribution in [0, 0.1) is 0 Å². The van der Waals surface area contributed by atoms with E-state index in [0.717, 1.165) is 25.7 Å². The number of rotatable bonds is 3. The third-order valence-electron chi connectivity index (χ3n) is 4.56. The van der Waals surface area contributed by atoms with Gasteiger partial charge in [-0.25, -0.2) is 0 Å². The zero-order chi connectivity index (χ0) is 14.0. The van der Waals surface area contributed by atoms with Crippen LogP contribution in [0.3, 0.4) is 0 Å². The Balaban J connectivity index is 1.89. The molecule has 110 valence electrons. The van der Waals surface area contributed by atoms with Gasteiger partial charge in [0.05, 0.1) is 31.3 Å². The van der Waals surface area contributed by atoms with E-state index in [-0.39, 0.29) is 24.0 Å². The van der Waals surface area contributed by atoms with Crippen LogP contribution in [0.2, 0.25) is 0 Å². The highest BCUT2D eigenvalue weighted by molar-refractivity contribution is 7.10. The van der Waals surface area contributed by atoms with Crippen molar-refractivity contribution in [1.29, 1.82) is 0 Å². The minimum Gasteiger partial charge on any atom is -0.394 e. The summed E-state index contributed by atoms with van der Waals surface area (Å²) in [6.07, 6.45) is 4.08. The van der Waals surface area contributed by atoms with E-state index in [4.69, 9.17) is 4.74 Å². The van der Waals surface area contributed by atoms with Crippen LogP contribution in [-0.2, 0) is 14.9 Å². The van der Waals surface area contributed by atoms with Gasteiger partial charge in [0.2, 0.25) is 5.91 Å². The Hall–Kier alpha value is -0.910. The number of aliphatic hydroxyl groups is 1. The third kappa shape index (κ3) is 2.28. The van der Waals surface area contributed by atoms with Gasteiger partial charge in [-0.2, -0.15) is 0 Å². The zero-order valence-electron chi connectivity index (χ0n) is 11.6. The zero-order valence-corrected chi connectivity index (χ0v) is 12.4. The van der Waals surface area contributed by atoms with Gasteiger partial charge in [0.15, 0.2) is 0 Å². The van der Waals surface area contributed by atoms with Gasteiger partial charge >= 0.3 is 0 Å². The lowest BCUT2D eigenvalue weighted by Gasteiger charge is -2.40. The van der Waals surface area contributed by atoms with Gasteiger partial charge in [0.25, 0.3) is 0 Å². The second kappa shape index (κ2) is 5.84. The molecule has 5 heteroatoms. The number of nitrogens with zero attached hydrogens (tertiary/aromatic N) is 1. The van der Waals surface area contributed by atoms with Gasteiger partial charge in [-0.1, -0.05) is 18.9 Å². The lowest BCUT2D eigenvalue weighted by atomic mass is 9.82. The molecule has 4 nitrogen and oxygen atoms in total. The molecule has 1 amide bonds. The summed E-state index contributed by atoms with van der Waals surface area (Å²) >= 11 is 1.68. The van der Waals surface area contributed by atoms with Crippen molar-refractivity contribution in [2.45, 2.75) is 37.1 Å². The highest BCUT2D eigenvalue weighted by atomic mass is 32.1. The molecule has 1 atom stereocenters. The molecule has 1 aromatic rings. The van der Waals surface area contributed by atoms with Gasteiger partial charge in [-0.15, -0.1) is 11.3 Å². The molecule has 1 aliphatic carbocycles. The van der Waals surface area contributed by atoms with E-state index in [0.29, 0.717) is 19.8 Å². The Bertz CT molecular complexity index is 454. The van der Waals surface area contributed by atoms with Crippen LogP contribution in [0.4, 0.5) is 0 Å². The maximum atomic E-state index is 13.2. The Kier molecular flexibility index (Phi) is 4.10. The van der Waals surface area contributed by atoms with Gasteiger partial charge in [-0.3, -0.25) is 4.79 Å². The monoisotopic (exact) mass is 295 g/mol. The average molecular weight is 295 g/mol. The molecule has 0 unspecified atom stereocenters. The van der Waals surface area contributed by atoms with Gasteiger partial charge < -0.3 is 14.7 Å². The predicted octanol–water partition coefficient (Wildman–Crippen LogP) is 1.78. The molecule has 3 rings (SSSR count). The number of carbonyl (C=O) groups is 1. The Labute approximate surface area is 123 Å². The highest BCUT2D eigenvalue weighted by Gasteiger charge is 2.47. The smallest absolute Gasteiger partial charge is 0.234 e. The van der Waals surface area contributed by atoms with Crippen molar-refractivity contribution in [3.63, 3.8) is 0 Å². The molecule has 2 aliphatic rings.